The molecule has 9 nitrogen and oxygen atoms in total. The van der Waals surface area contributed by atoms with Crippen LogP contribution in [0.3, 0.4) is 0 Å². The molecular formula is C37H43F4N7O2. The molecule has 0 radical (unpaired) electrons. The number of hydrogen-bond donors (Lipinski definition) is 3. The second-order valence-electron chi connectivity index (χ2n) is 13.5. The predicted octanol–water partition coefficient (Wildman–Crippen LogP) is 7.32. The van der Waals surface area contributed by atoms with Gasteiger partial charge in [-0.3, -0.25) is 9.59 Å². The molecule has 2 aliphatic rings. The zero-order valence-electron chi connectivity index (χ0n) is 28.4. The highest BCUT2D eigenvalue weighted by atomic mass is 19.3. The van der Waals surface area contributed by atoms with Crippen molar-refractivity contribution in [3.05, 3.63) is 60.7 Å². The van der Waals surface area contributed by atoms with Crippen LogP contribution in [-0.4, -0.2) is 91.8 Å². The molecule has 0 saturated carbocycles. The topological polar surface area (TPSA) is 92.8 Å². The number of amides is 2. The van der Waals surface area contributed by atoms with Gasteiger partial charge in [0, 0.05) is 125 Å². The molecule has 0 spiro atoms. The molecule has 6 rings (SSSR count). The largest absolute Gasteiger partial charge is 0.378 e. The molecule has 1 aromatic heterocycles. The van der Waals surface area contributed by atoms with E-state index in [-0.39, 0.29) is 76.5 Å². The molecule has 3 heterocycles. The van der Waals surface area contributed by atoms with Crippen LogP contribution in [-0.2, 0) is 9.59 Å². The normalized spacial score (nSPS) is 17.8. The van der Waals surface area contributed by atoms with Gasteiger partial charge in [0.2, 0.25) is 11.8 Å². The number of piperidine rings is 2. The fourth-order valence-electron chi connectivity index (χ4n) is 6.40. The van der Waals surface area contributed by atoms with Crippen molar-refractivity contribution in [3.8, 4) is 0 Å². The number of aromatic nitrogens is 1. The minimum Gasteiger partial charge on any atom is -0.378 e. The average molecular weight is 694 g/mol. The Labute approximate surface area is 289 Å². The number of anilines is 5. The standard InChI is InChI=1S/C37H43F4N7O2/c1-46(2)28-7-3-25(4-8-28)44-35-29-9-5-26(42-33(49)11-17-47-19-13-36(38,39)14-20-47)23-31(29)45-32-24-27(6-10-30(32)35)43-34(50)12-18-48-21-15-37(40,41)16-22-48/h3-10,23-24H,11-22H2,1-2H3,(H,42,49)(H,43,50)(H,44,45). The summed E-state index contributed by atoms with van der Waals surface area (Å²) in [6, 6.07) is 19.0. The van der Waals surface area contributed by atoms with E-state index >= 15 is 0 Å². The van der Waals surface area contributed by atoms with Gasteiger partial charge in [-0.25, -0.2) is 22.5 Å². The van der Waals surface area contributed by atoms with Crippen molar-refractivity contribution in [3.63, 3.8) is 0 Å². The number of pyridine rings is 1. The van der Waals surface area contributed by atoms with Crippen molar-refractivity contribution in [1.29, 1.82) is 0 Å². The smallest absolute Gasteiger partial charge is 0.250 e. The maximum Gasteiger partial charge on any atom is 0.250 e. The van der Waals surface area contributed by atoms with Gasteiger partial charge in [-0.05, 0) is 60.7 Å². The maximum absolute atomic E-state index is 13.5. The van der Waals surface area contributed by atoms with Gasteiger partial charge in [-0.2, -0.15) is 0 Å². The highest BCUT2D eigenvalue weighted by molar-refractivity contribution is 6.10. The number of hydrogen-bond acceptors (Lipinski definition) is 7. The summed E-state index contributed by atoms with van der Waals surface area (Å²) in [4.78, 5) is 36.4. The molecule has 50 heavy (non-hydrogen) atoms. The maximum atomic E-state index is 13.5. The molecule has 2 saturated heterocycles. The van der Waals surface area contributed by atoms with Gasteiger partial charge in [-0.15, -0.1) is 0 Å². The second kappa shape index (κ2) is 14.8. The Balaban J connectivity index is 1.21. The number of carbonyl (C=O) groups is 2. The van der Waals surface area contributed by atoms with Crippen molar-refractivity contribution < 1.29 is 27.2 Å². The molecule has 2 amide bonds. The first-order valence-electron chi connectivity index (χ1n) is 17.0. The number of rotatable bonds is 11. The Bertz CT molecular complexity index is 1730. The van der Waals surface area contributed by atoms with Gasteiger partial charge in [0.25, 0.3) is 11.8 Å². The third-order valence-corrected chi connectivity index (χ3v) is 9.48. The van der Waals surface area contributed by atoms with Gasteiger partial charge >= 0.3 is 0 Å². The Morgan fingerprint density at radius 3 is 1.52 bits per heavy atom. The number of halogens is 4. The fourth-order valence-corrected chi connectivity index (χ4v) is 6.40. The van der Waals surface area contributed by atoms with Gasteiger partial charge in [0.05, 0.1) is 16.7 Å². The van der Waals surface area contributed by atoms with E-state index in [0.717, 1.165) is 27.8 Å². The summed E-state index contributed by atoms with van der Waals surface area (Å²) < 4.78 is 54.1. The van der Waals surface area contributed by atoms with E-state index in [1.165, 1.54) is 0 Å². The van der Waals surface area contributed by atoms with Crippen LogP contribution in [0.5, 0.6) is 0 Å². The van der Waals surface area contributed by atoms with E-state index < -0.39 is 11.8 Å². The highest BCUT2D eigenvalue weighted by Crippen LogP contribution is 2.36. The summed E-state index contributed by atoms with van der Waals surface area (Å²) in [7, 11) is 3.95. The van der Waals surface area contributed by atoms with Gasteiger partial charge in [0.1, 0.15) is 0 Å². The minimum atomic E-state index is -2.63. The van der Waals surface area contributed by atoms with E-state index in [2.05, 4.69) is 16.0 Å². The van der Waals surface area contributed by atoms with Gasteiger partial charge in [-0.1, -0.05) is 0 Å². The Hall–Kier alpha value is -4.49. The zero-order valence-corrected chi connectivity index (χ0v) is 28.4. The SMILES string of the molecule is CN(C)c1ccc(Nc2c3ccc(NC(=O)CCN4CCC(F)(F)CC4)cc3nc3cc(NC(=O)CCN4CCC(F)(F)CC4)ccc23)cc1. The number of alkyl halides is 4. The molecule has 2 aliphatic heterocycles. The first-order valence-corrected chi connectivity index (χ1v) is 17.0. The van der Waals surface area contributed by atoms with E-state index in [1.54, 1.807) is 12.1 Å². The molecule has 3 aromatic carbocycles. The third kappa shape index (κ3) is 8.99. The first kappa shape index (κ1) is 35.3. The summed E-state index contributed by atoms with van der Waals surface area (Å²) in [5.41, 5.74) is 5.07. The molecule has 4 aromatic rings. The quantitative estimate of drug-likeness (QED) is 0.112. The number of nitrogens with zero attached hydrogens (tertiary/aromatic N) is 4. The fraction of sp³-hybridized carbons (Fsp3) is 0.432. The molecule has 0 unspecified atom stereocenters. The first-order chi connectivity index (χ1) is 23.8. The van der Waals surface area contributed by atoms with Crippen LogP contribution in [0, 0.1) is 0 Å². The van der Waals surface area contributed by atoms with Crippen LogP contribution < -0.4 is 20.9 Å². The lowest BCUT2D eigenvalue weighted by molar-refractivity contribution is -0.117. The minimum absolute atomic E-state index is 0.178. The molecular weight excluding hydrogens is 650 g/mol. The van der Waals surface area contributed by atoms with Gasteiger partial charge < -0.3 is 30.7 Å². The third-order valence-electron chi connectivity index (χ3n) is 9.48. The molecule has 266 valence electrons. The van der Waals surface area contributed by atoms with Crippen LogP contribution in [0.1, 0.15) is 38.5 Å². The van der Waals surface area contributed by atoms with Crippen LogP contribution >= 0.6 is 0 Å². The summed E-state index contributed by atoms with van der Waals surface area (Å²) >= 11 is 0. The lowest BCUT2D eigenvalue weighted by atomic mass is 10.1. The monoisotopic (exact) mass is 693 g/mol. The number of nitrogens with one attached hydrogen (secondary N) is 3. The van der Waals surface area contributed by atoms with Crippen LogP contribution in [0.15, 0.2) is 60.7 Å². The van der Waals surface area contributed by atoms with E-state index in [0.29, 0.717) is 35.5 Å². The van der Waals surface area contributed by atoms with Crippen LogP contribution in [0.2, 0.25) is 0 Å². The lowest BCUT2D eigenvalue weighted by Gasteiger charge is -2.31. The molecule has 2 fully saturated rings. The Kier molecular flexibility index (Phi) is 10.4. The van der Waals surface area contributed by atoms with Crippen molar-refractivity contribution >= 4 is 62.1 Å². The molecule has 0 bridgehead atoms. The Morgan fingerprint density at radius 2 is 1.10 bits per heavy atom. The molecule has 13 heteroatoms. The van der Waals surface area contributed by atoms with Gasteiger partial charge in [0.15, 0.2) is 0 Å². The zero-order chi connectivity index (χ0) is 35.5. The lowest BCUT2D eigenvalue weighted by Crippen LogP contribution is -2.40. The summed E-state index contributed by atoms with van der Waals surface area (Å²) in [5, 5.41) is 11.1. The summed E-state index contributed by atoms with van der Waals surface area (Å²) in [6.45, 7) is 1.88. The highest BCUT2D eigenvalue weighted by Gasteiger charge is 2.34. The number of benzene rings is 3. The van der Waals surface area contributed by atoms with E-state index in [1.807, 2.05) is 77.3 Å². The van der Waals surface area contributed by atoms with Crippen molar-refractivity contribution in [2.24, 2.45) is 0 Å². The van der Waals surface area contributed by atoms with Crippen molar-refractivity contribution in [2.75, 3.05) is 74.2 Å². The summed E-state index contributed by atoms with van der Waals surface area (Å²) in [6.07, 6.45) is -0.410. The van der Waals surface area contributed by atoms with E-state index in [9.17, 15) is 27.2 Å². The molecule has 3 N–H and O–H groups in total. The van der Waals surface area contributed by atoms with Crippen molar-refractivity contribution in [2.45, 2.75) is 50.4 Å². The number of carbonyl (C=O) groups excluding carboxylic acids is 2. The average Bonchev–Trinajstić information content (AvgIpc) is 3.07. The van der Waals surface area contributed by atoms with Crippen LogP contribution in [0.25, 0.3) is 21.8 Å². The number of likely N-dealkylation sites (tertiary alicyclic amines) is 2. The molecule has 0 aliphatic carbocycles. The molecule has 0 atom stereocenters. The summed E-state index contributed by atoms with van der Waals surface area (Å²) in [5.74, 6) is -5.70. The van der Waals surface area contributed by atoms with Crippen molar-refractivity contribution in [1.82, 2.24) is 14.8 Å². The van der Waals surface area contributed by atoms with E-state index in [4.69, 9.17) is 4.98 Å². The second-order valence-corrected chi connectivity index (χ2v) is 13.5. The number of fused-ring (bicyclic) bond motifs is 2. The Morgan fingerprint density at radius 1 is 0.680 bits per heavy atom. The van der Waals surface area contributed by atoms with Crippen LogP contribution in [0.4, 0.5) is 46.0 Å². The predicted molar refractivity (Wildman–Crippen MR) is 191 cm³/mol.